The van der Waals surface area contributed by atoms with E-state index in [0.717, 1.165) is 22.2 Å². The Kier molecular flexibility index (Phi) is 5.50. The second-order valence-electron chi connectivity index (χ2n) is 7.01. The summed E-state index contributed by atoms with van der Waals surface area (Å²) in [6.07, 6.45) is 0. The Morgan fingerprint density at radius 2 is 2.03 bits per heavy atom. The number of para-hydroxylation sites is 2. The molecule has 0 spiro atoms. The molecule has 7 nitrogen and oxygen atoms in total. The van der Waals surface area contributed by atoms with Gasteiger partial charge in [-0.3, -0.25) is 0 Å². The molecule has 0 saturated heterocycles. The molecular formula is C22H21N3O4S. The van der Waals surface area contributed by atoms with Gasteiger partial charge in [-0.1, -0.05) is 47.7 Å². The third-order valence-corrected chi connectivity index (χ3v) is 5.76. The lowest BCUT2D eigenvalue weighted by atomic mass is 9.91. The van der Waals surface area contributed by atoms with Crippen LogP contribution in [0.5, 0.6) is 0 Å². The number of esters is 1. The zero-order valence-corrected chi connectivity index (χ0v) is 17.6. The molecule has 0 bridgehead atoms. The maximum atomic E-state index is 12.7. The number of nitrogens with zero attached hydrogens (tertiary/aromatic N) is 1. The van der Waals surface area contributed by atoms with Gasteiger partial charge in [0.15, 0.2) is 5.58 Å². The Balaban J connectivity index is 1.70. The highest BCUT2D eigenvalue weighted by atomic mass is 32.2. The van der Waals surface area contributed by atoms with Gasteiger partial charge < -0.3 is 19.8 Å². The quantitative estimate of drug-likeness (QED) is 0.476. The molecule has 2 heterocycles. The van der Waals surface area contributed by atoms with Crippen molar-refractivity contribution in [1.82, 2.24) is 15.6 Å². The van der Waals surface area contributed by atoms with Crippen LogP contribution in [0.1, 0.15) is 22.7 Å². The molecule has 1 aliphatic heterocycles. The van der Waals surface area contributed by atoms with Crippen molar-refractivity contribution in [2.24, 2.45) is 0 Å². The van der Waals surface area contributed by atoms with Gasteiger partial charge >= 0.3 is 12.0 Å². The lowest BCUT2D eigenvalue weighted by Crippen LogP contribution is -2.46. The highest BCUT2D eigenvalue weighted by Crippen LogP contribution is 2.33. The number of methoxy groups -OCH3 is 1. The van der Waals surface area contributed by atoms with Crippen LogP contribution in [0.15, 0.2) is 63.4 Å². The van der Waals surface area contributed by atoms with Crippen molar-refractivity contribution < 1.29 is 18.7 Å². The molecule has 1 atom stereocenters. The van der Waals surface area contributed by atoms with Gasteiger partial charge in [-0.2, -0.15) is 0 Å². The second-order valence-corrected chi connectivity index (χ2v) is 7.94. The Bertz CT molecular complexity index is 1140. The molecule has 0 unspecified atom stereocenters. The number of fused-ring (bicyclic) bond motifs is 1. The molecule has 30 heavy (non-hydrogen) atoms. The van der Waals surface area contributed by atoms with Crippen LogP contribution in [0.4, 0.5) is 4.79 Å². The number of nitrogens with one attached hydrogen (secondary N) is 2. The van der Waals surface area contributed by atoms with Crippen molar-refractivity contribution in [1.29, 1.82) is 0 Å². The molecule has 4 rings (SSSR count). The predicted molar refractivity (Wildman–Crippen MR) is 114 cm³/mol. The van der Waals surface area contributed by atoms with Gasteiger partial charge in [0.2, 0.25) is 0 Å². The van der Waals surface area contributed by atoms with Gasteiger partial charge in [0.25, 0.3) is 5.22 Å². The first-order valence-electron chi connectivity index (χ1n) is 9.40. The van der Waals surface area contributed by atoms with Gasteiger partial charge in [-0.05, 0) is 37.1 Å². The van der Waals surface area contributed by atoms with E-state index >= 15 is 0 Å². The lowest BCUT2D eigenvalue weighted by Gasteiger charge is -2.30. The van der Waals surface area contributed by atoms with Crippen LogP contribution in [0.25, 0.3) is 11.1 Å². The first-order chi connectivity index (χ1) is 14.5. The molecule has 2 amide bonds. The van der Waals surface area contributed by atoms with Gasteiger partial charge in [-0.15, -0.1) is 0 Å². The number of carbonyl (C=O) groups excluding carboxylic acids is 2. The summed E-state index contributed by atoms with van der Waals surface area (Å²) in [5, 5.41) is 6.07. The van der Waals surface area contributed by atoms with E-state index in [-0.39, 0.29) is 6.03 Å². The number of hydrogen-bond acceptors (Lipinski definition) is 6. The molecule has 0 saturated carbocycles. The summed E-state index contributed by atoms with van der Waals surface area (Å²) in [7, 11) is 1.33. The minimum atomic E-state index is -0.606. The Labute approximate surface area is 177 Å². The number of benzene rings is 2. The molecular weight excluding hydrogens is 402 g/mol. The Morgan fingerprint density at radius 3 is 2.77 bits per heavy atom. The van der Waals surface area contributed by atoms with Crippen LogP contribution < -0.4 is 10.6 Å². The molecule has 0 aliphatic carbocycles. The fraction of sp³-hybridized carbons (Fsp3) is 0.227. The van der Waals surface area contributed by atoms with E-state index in [1.165, 1.54) is 18.9 Å². The van der Waals surface area contributed by atoms with Crippen molar-refractivity contribution in [3.05, 3.63) is 70.4 Å². The number of rotatable bonds is 5. The minimum absolute atomic E-state index is 0.298. The summed E-state index contributed by atoms with van der Waals surface area (Å²) in [4.78, 5) is 29.5. The fourth-order valence-corrected chi connectivity index (χ4v) is 4.32. The number of aryl methyl sites for hydroxylation is 2. The van der Waals surface area contributed by atoms with Crippen LogP contribution in [-0.4, -0.2) is 29.8 Å². The molecule has 154 valence electrons. The van der Waals surface area contributed by atoms with E-state index < -0.39 is 12.0 Å². The molecule has 0 radical (unpaired) electrons. The van der Waals surface area contributed by atoms with Crippen LogP contribution in [0.2, 0.25) is 0 Å². The van der Waals surface area contributed by atoms with Crippen molar-refractivity contribution in [3.8, 4) is 0 Å². The van der Waals surface area contributed by atoms with Gasteiger partial charge in [0.05, 0.1) is 18.7 Å². The monoisotopic (exact) mass is 423 g/mol. The minimum Gasteiger partial charge on any atom is -0.466 e. The molecule has 2 aromatic carbocycles. The Morgan fingerprint density at radius 1 is 1.23 bits per heavy atom. The van der Waals surface area contributed by atoms with E-state index in [0.29, 0.717) is 27.8 Å². The zero-order chi connectivity index (χ0) is 21.3. The van der Waals surface area contributed by atoms with E-state index in [2.05, 4.69) is 15.6 Å². The van der Waals surface area contributed by atoms with E-state index in [4.69, 9.17) is 9.15 Å². The van der Waals surface area contributed by atoms with Crippen LogP contribution >= 0.6 is 11.8 Å². The topological polar surface area (TPSA) is 93.5 Å². The third-order valence-electron chi connectivity index (χ3n) is 4.91. The molecule has 3 aromatic rings. The number of thioether (sulfide) groups is 1. The maximum absolute atomic E-state index is 12.7. The van der Waals surface area contributed by atoms with Crippen molar-refractivity contribution in [3.63, 3.8) is 0 Å². The van der Waals surface area contributed by atoms with E-state index in [9.17, 15) is 9.59 Å². The van der Waals surface area contributed by atoms with Crippen molar-refractivity contribution in [2.45, 2.75) is 25.1 Å². The summed E-state index contributed by atoms with van der Waals surface area (Å²) in [6, 6.07) is 12.4. The van der Waals surface area contributed by atoms with Crippen molar-refractivity contribution >= 4 is 34.9 Å². The lowest BCUT2D eigenvalue weighted by molar-refractivity contribution is -0.136. The molecule has 1 aromatic heterocycles. The summed E-state index contributed by atoms with van der Waals surface area (Å²) in [5.41, 5.74) is 5.21. The standard InChI is InChI=1S/C22H21N3O4S/c1-12-8-9-14(13(2)10-12)19-18(20(26)28-3)16(23-21(27)25-19)11-30-22-24-15-6-4-5-7-17(15)29-22/h4-10,19H,11H2,1-3H3,(H2,23,25,27)/t19-/m1/s1. The fourth-order valence-electron chi connectivity index (χ4n) is 3.51. The predicted octanol–water partition coefficient (Wildman–Crippen LogP) is 4.02. The van der Waals surface area contributed by atoms with Gasteiger partial charge in [-0.25, -0.2) is 14.6 Å². The van der Waals surface area contributed by atoms with Crippen molar-refractivity contribution in [2.75, 3.05) is 12.9 Å². The first kappa shape index (κ1) is 20.0. The van der Waals surface area contributed by atoms with E-state index in [1.807, 2.05) is 56.3 Å². The second kappa shape index (κ2) is 8.23. The maximum Gasteiger partial charge on any atom is 0.338 e. The number of aromatic nitrogens is 1. The van der Waals surface area contributed by atoms with Gasteiger partial charge in [0, 0.05) is 11.4 Å². The molecule has 0 fully saturated rings. The summed E-state index contributed by atoms with van der Waals surface area (Å²) in [5.74, 6) is -0.202. The zero-order valence-electron chi connectivity index (χ0n) is 16.8. The van der Waals surface area contributed by atoms with Crippen LogP contribution in [0.3, 0.4) is 0 Å². The first-order valence-corrected chi connectivity index (χ1v) is 10.4. The third kappa shape index (κ3) is 3.91. The number of oxazole rings is 1. The SMILES string of the molecule is COC(=O)C1=C(CSc2nc3ccccc3o2)NC(=O)N[C@@H]1c1ccc(C)cc1C. The number of carbonyl (C=O) groups is 2. The molecule has 2 N–H and O–H groups in total. The normalized spacial score (nSPS) is 16.4. The summed E-state index contributed by atoms with van der Waals surface area (Å²) in [6.45, 7) is 3.95. The summed E-state index contributed by atoms with van der Waals surface area (Å²) >= 11 is 1.30. The Hall–Kier alpha value is -3.26. The summed E-state index contributed by atoms with van der Waals surface area (Å²) < 4.78 is 10.8. The molecule has 1 aliphatic rings. The van der Waals surface area contributed by atoms with Crippen LogP contribution in [-0.2, 0) is 9.53 Å². The highest BCUT2D eigenvalue weighted by molar-refractivity contribution is 7.99. The average Bonchev–Trinajstić information content (AvgIpc) is 3.14. The highest BCUT2D eigenvalue weighted by Gasteiger charge is 2.34. The van der Waals surface area contributed by atoms with Gasteiger partial charge in [0.1, 0.15) is 5.52 Å². The number of hydrogen-bond donors (Lipinski definition) is 2. The van der Waals surface area contributed by atoms with Crippen LogP contribution in [0, 0.1) is 13.8 Å². The number of amides is 2. The number of ether oxygens (including phenoxy) is 1. The largest absolute Gasteiger partial charge is 0.466 e. The van der Waals surface area contributed by atoms with E-state index in [1.54, 1.807) is 0 Å². The smallest absolute Gasteiger partial charge is 0.338 e. The average molecular weight is 423 g/mol. The number of urea groups is 1. The molecule has 8 heteroatoms.